The van der Waals surface area contributed by atoms with Crippen molar-refractivity contribution in [1.82, 2.24) is 5.43 Å². The Morgan fingerprint density at radius 3 is 2.40 bits per heavy atom. The van der Waals surface area contributed by atoms with E-state index in [4.69, 9.17) is 18.0 Å². The number of rotatable bonds is 4. The van der Waals surface area contributed by atoms with E-state index in [9.17, 15) is 4.79 Å². The van der Waals surface area contributed by atoms with Gasteiger partial charge in [-0.1, -0.05) is 23.8 Å². The number of anilines is 1. The maximum atomic E-state index is 12.6. The molecule has 0 spiro atoms. The first-order valence-corrected chi connectivity index (χ1v) is 9.55. The van der Waals surface area contributed by atoms with Crippen LogP contribution in [0.1, 0.15) is 22.3 Å². The lowest BCUT2D eigenvalue weighted by molar-refractivity contribution is -0.120. The Hall–Kier alpha value is -2.05. The van der Waals surface area contributed by atoms with Crippen molar-refractivity contribution in [2.45, 2.75) is 32.1 Å². The van der Waals surface area contributed by atoms with Gasteiger partial charge in [0.2, 0.25) is 5.91 Å². The molecular weight excluding hydrogens is 350 g/mol. The van der Waals surface area contributed by atoms with Crippen LogP contribution in [-0.4, -0.2) is 17.3 Å². The molecule has 0 fully saturated rings. The van der Waals surface area contributed by atoms with Crippen LogP contribution in [0.2, 0.25) is 0 Å². The Kier molecular flexibility index (Phi) is 6.45. The van der Waals surface area contributed by atoms with Crippen LogP contribution in [0.5, 0.6) is 0 Å². The first kappa shape index (κ1) is 19.3. The number of benzene rings is 2. The van der Waals surface area contributed by atoms with Crippen LogP contribution in [0, 0.1) is 20.8 Å². The molecule has 4 nitrogen and oxygen atoms in total. The highest BCUT2D eigenvalue weighted by atomic mass is 32.2. The van der Waals surface area contributed by atoms with Crippen LogP contribution >= 0.6 is 24.0 Å². The lowest BCUT2D eigenvalue weighted by atomic mass is 9.97. The molecule has 0 bridgehead atoms. The minimum absolute atomic E-state index is 0.101. The fourth-order valence-electron chi connectivity index (χ4n) is 2.81. The van der Waals surface area contributed by atoms with Crippen molar-refractivity contribution < 1.29 is 4.79 Å². The lowest BCUT2D eigenvalue weighted by Crippen LogP contribution is -2.49. The second kappa shape index (κ2) is 8.36. The lowest BCUT2D eigenvalue weighted by Gasteiger charge is -2.24. The van der Waals surface area contributed by atoms with Gasteiger partial charge >= 0.3 is 0 Å². The molecule has 0 aliphatic carbocycles. The minimum atomic E-state index is -0.155. The third-order valence-corrected chi connectivity index (χ3v) is 4.85. The van der Waals surface area contributed by atoms with Gasteiger partial charge in [-0.05, 0) is 74.1 Å². The number of nitrogens with two attached hydrogens (primary N) is 1. The molecule has 0 radical (unpaired) electrons. The van der Waals surface area contributed by atoms with E-state index in [2.05, 4.69) is 24.5 Å². The van der Waals surface area contributed by atoms with Crippen molar-refractivity contribution >= 4 is 40.7 Å². The van der Waals surface area contributed by atoms with E-state index in [-0.39, 0.29) is 17.4 Å². The minimum Gasteiger partial charge on any atom is -0.374 e. The van der Waals surface area contributed by atoms with Gasteiger partial charge in [-0.2, -0.15) is 0 Å². The molecule has 1 amide bonds. The Morgan fingerprint density at radius 1 is 1.20 bits per heavy atom. The van der Waals surface area contributed by atoms with Crippen molar-refractivity contribution in [3.05, 3.63) is 58.7 Å². The quantitative estimate of drug-likeness (QED) is 0.487. The van der Waals surface area contributed by atoms with Crippen molar-refractivity contribution in [2.75, 3.05) is 11.3 Å². The van der Waals surface area contributed by atoms with E-state index in [1.807, 2.05) is 44.4 Å². The average molecular weight is 374 g/mol. The molecule has 0 heterocycles. The van der Waals surface area contributed by atoms with Crippen LogP contribution in [-0.2, 0) is 11.2 Å². The Bertz CT molecular complexity index is 782. The fourth-order valence-corrected chi connectivity index (χ4v) is 3.41. The molecule has 0 atom stereocenters. The van der Waals surface area contributed by atoms with E-state index in [0.717, 1.165) is 27.3 Å². The number of hydrazine groups is 1. The molecule has 25 heavy (non-hydrogen) atoms. The van der Waals surface area contributed by atoms with Gasteiger partial charge in [0.1, 0.15) is 0 Å². The summed E-state index contributed by atoms with van der Waals surface area (Å²) in [4.78, 5) is 13.6. The Balaban J connectivity index is 2.20. The van der Waals surface area contributed by atoms with Crippen LogP contribution in [0.25, 0.3) is 0 Å². The summed E-state index contributed by atoms with van der Waals surface area (Å²) in [5.41, 5.74) is 13.8. The number of thiocarbonyl (C=S) groups is 1. The molecule has 0 unspecified atom stereocenters. The van der Waals surface area contributed by atoms with Crippen LogP contribution < -0.4 is 16.2 Å². The second-order valence-corrected chi connectivity index (χ2v) is 7.26. The van der Waals surface area contributed by atoms with E-state index in [1.54, 1.807) is 11.8 Å². The summed E-state index contributed by atoms with van der Waals surface area (Å²) in [7, 11) is 0. The predicted molar refractivity (Wildman–Crippen MR) is 110 cm³/mol. The summed E-state index contributed by atoms with van der Waals surface area (Å²) in [5.74, 6) is -0.155. The summed E-state index contributed by atoms with van der Waals surface area (Å²) in [6.45, 7) is 6.10. The third-order valence-electron chi connectivity index (χ3n) is 3.95. The molecule has 2 aromatic rings. The summed E-state index contributed by atoms with van der Waals surface area (Å²) in [6, 6.07) is 11.9. The van der Waals surface area contributed by atoms with Crippen molar-refractivity contribution in [1.29, 1.82) is 0 Å². The van der Waals surface area contributed by atoms with E-state index >= 15 is 0 Å². The fraction of sp³-hybridized carbons (Fsp3) is 0.263. The molecule has 3 N–H and O–H groups in total. The maximum absolute atomic E-state index is 12.6. The monoisotopic (exact) mass is 373 g/mol. The number of carbonyl (C=O) groups excluding carboxylic acids is 1. The molecule has 0 aliphatic rings. The summed E-state index contributed by atoms with van der Waals surface area (Å²) >= 11 is 6.73. The average Bonchev–Trinajstić information content (AvgIpc) is 2.55. The molecule has 2 rings (SSSR count). The normalized spacial score (nSPS) is 10.4. The summed E-state index contributed by atoms with van der Waals surface area (Å²) in [6.07, 6.45) is 2.27. The van der Waals surface area contributed by atoms with Crippen molar-refractivity contribution in [3.63, 3.8) is 0 Å². The molecule has 0 aliphatic heterocycles. The Morgan fingerprint density at radius 2 is 1.84 bits per heavy atom. The number of thioether (sulfide) groups is 1. The largest absolute Gasteiger partial charge is 0.374 e. The molecule has 2 aromatic carbocycles. The summed E-state index contributed by atoms with van der Waals surface area (Å²) in [5, 5.41) is 1.56. The highest BCUT2D eigenvalue weighted by molar-refractivity contribution is 7.98. The molecule has 6 heteroatoms. The number of hydrogen-bond acceptors (Lipinski definition) is 3. The highest BCUT2D eigenvalue weighted by Gasteiger charge is 2.16. The first-order chi connectivity index (χ1) is 11.8. The van der Waals surface area contributed by atoms with E-state index in [0.29, 0.717) is 0 Å². The molecule has 0 aromatic heterocycles. The number of nitrogens with zero attached hydrogens (tertiary/aromatic N) is 1. The topological polar surface area (TPSA) is 58.4 Å². The smallest absolute Gasteiger partial charge is 0.243 e. The molecule has 0 saturated carbocycles. The van der Waals surface area contributed by atoms with Gasteiger partial charge in [0.15, 0.2) is 5.11 Å². The Labute approximate surface area is 158 Å². The SMILES string of the molecule is CSc1cccc(N(NC(=O)Cc2c(C)cc(C)cc2C)C(N)=S)c1. The highest BCUT2D eigenvalue weighted by Crippen LogP contribution is 2.22. The molecular formula is C19H23N3OS2. The zero-order valence-corrected chi connectivity index (χ0v) is 16.6. The van der Waals surface area contributed by atoms with E-state index in [1.165, 1.54) is 10.6 Å². The number of nitrogens with one attached hydrogen (secondary N) is 1. The third kappa shape index (κ3) is 4.96. The second-order valence-electron chi connectivity index (χ2n) is 5.96. The van der Waals surface area contributed by atoms with Gasteiger partial charge in [0.25, 0.3) is 0 Å². The summed E-state index contributed by atoms with van der Waals surface area (Å²) < 4.78 is 0. The first-order valence-electron chi connectivity index (χ1n) is 7.91. The number of hydrogen-bond donors (Lipinski definition) is 2. The van der Waals surface area contributed by atoms with Gasteiger partial charge < -0.3 is 5.73 Å². The van der Waals surface area contributed by atoms with Gasteiger partial charge in [0, 0.05) is 4.90 Å². The zero-order valence-electron chi connectivity index (χ0n) is 14.9. The van der Waals surface area contributed by atoms with Gasteiger partial charge in [-0.3, -0.25) is 10.2 Å². The number of amides is 1. The van der Waals surface area contributed by atoms with Crippen molar-refractivity contribution in [2.24, 2.45) is 5.73 Å². The molecule has 132 valence electrons. The zero-order chi connectivity index (χ0) is 18.6. The number of aryl methyl sites for hydroxylation is 3. The number of carbonyl (C=O) groups is 1. The van der Waals surface area contributed by atoms with E-state index < -0.39 is 0 Å². The van der Waals surface area contributed by atoms with Gasteiger partial charge in [-0.15, -0.1) is 11.8 Å². The standard InChI is InChI=1S/C19H23N3OS2/c1-12-8-13(2)17(14(3)9-12)11-18(23)21-22(19(20)24)15-6-5-7-16(10-15)25-4/h5-10H,11H2,1-4H3,(H2,20,24)(H,21,23). The van der Waals surface area contributed by atoms with Crippen LogP contribution in [0.3, 0.4) is 0 Å². The predicted octanol–water partition coefficient (Wildman–Crippen LogP) is 3.66. The van der Waals surface area contributed by atoms with Crippen LogP contribution in [0.15, 0.2) is 41.3 Å². The van der Waals surface area contributed by atoms with Gasteiger partial charge in [0.05, 0.1) is 12.1 Å². The van der Waals surface area contributed by atoms with Crippen LogP contribution in [0.4, 0.5) is 5.69 Å². The van der Waals surface area contributed by atoms with Crippen molar-refractivity contribution in [3.8, 4) is 0 Å². The maximum Gasteiger partial charge on any atom is 0.243 e. The van der Waals surface area contributed by atoms with Gasteiger partial charge in [-0.25, -0.2) is 5.01 Å². The molecule has 0 saturated heterocycles.